The monoisotopic (exact) mass is 680 g/mol. The SMILES string of the molecule is [C-]#[N+][C@@H]1CCCN1C(=O)CN[C@@H](C)CC1(c2nn[nH]n2)c2ccc(C(=O)C3CCOCC3)cc2CCc2cc(C(=O)N3CCOCC3)ccc21. The van der Waals surface area contributed by atoms with Gasteiger partial charge in [0.1, 0.15) is 0 Å². The molecule has 3 aliphatic heterocycles. The topological polar surface area (TPSA) is 147 Å². The summed E-state index contributed by atoms with van der Waals surface area (Å²) >= 11 is 0. The highest BCUT2D eigenvalue weighted by atomic mass is 16.5. The molecule has 1 aromatic heterocycles. The number of aryl methyl sites for hydroxylation is 2. The highest BCUT2D eigenvalue weighted by Gasteiger charge is 2.46. The molecule has 2 N–H and O–H groups in total. The lowest BCUT2D eigenvalue weighted by atomic mass is 9.67. The number of aromatic amines is 1. The molecule has 0 saturated carbocycles. The largest absolute Gasteiger partial charge is 0.381 e. The number of ether oxygens (including phenoxy) is 2. The summed E-state index contributed by atoms with van der Waals surface area (Å²) in [6, 6.07) is 11.7. The average Bonchev–Trinajstić information content (AvgIpc) is 3.87. The molecule has 3 fully saturated rings. The van der Waals surface area contributed by atoms with E-state index in [1.807, 2.05) is 48.2 Å². The van der Waals surface area contributed by atoms with Crippen LogP contribution in [0.15, 0.2) is 36.4 Å². The molecular formula is C37H44N8O5. The van der Waals surface area contributed by atoms with Crippen LogP contribution in [0.5, 0.6) is 0 Å². The number of benzene rings is 2. The number of hydrogen-bond acceptors (Lipinski definition) is 9. The van der Waals surface area contributed by atoms with Gasteiger partial charge < -0.3 is 19.7 Å². The number of fused-ring (bicyclic) bond motifs is 2. The lowest BCUT2D eigenvalue weighted by molar-refractivity contribution is -0.130. The molecule has 3 saturated heterocycles. The van der Waals surface area contributed by atoms with Crippen LogP contribution in [0, 0.1) is 12.5 Å². The Morgan fingerprint density at radius 2 is 1.66 bits per heavy atom. The van der Waals surface area contributed by atoms with Crippen molar-refractivity contribution in [2.24, 2.45) is 5.92 Å². The molecule has 3 aromatic rings. The second kappa shape index (κ2) is 14.8. The minimum Gasteiger partial charge on any atom is -0.381 e. The molecule has 262 valence electrons. The normalized spacial score (nSPS) is 23.0. The fraction of sp³-hybridized carbons (Fsp3) is 0.541. The van der Waals surface area contributed by atoms with Crippen molar-refractivity contribution in [3.8, 4) is 0 Å². The first-order chi connectivity index (χ1) is 24.4. The Balaban J connectivity index is 1.28. The third-order valence-electron chi connectivity index (χ3n) is 10.8. The second-order valence-electron chi connectivity index (χ2n) is 13.9. The van der Waals surface area contributed by atoms with Gasteiger partial charge in [0, 0.05) is 62.4 Å². The van der Waals surface area contributed by atoms with Gasteiger partial charge in [-0.1, -0.05) is 23.4 Å². The molecular weight excluding hydrogens is 636 g/mol. The van der Waals surface area contributed by atoms with E-state index in [4.69, 9.17) is 16.0 Å². The fourth-order valence-corrected chi connectivity index (χ4v) is 8.24. The average molecular weight is 681 g/mol. The van der Waals surface area contributed by atoms with Crippen molar-refractivity contribution < 1.29 is 23.9 Å². The Kier molecular flexibility index (Phi) is 10.0. The van der Waals surface area contributed by atoms with Gasteiger partial charge in [-0.15, -0.1) is 10.2 Å². The van der Waals surface area contributed by atoms with E-state index in [0.717, 1.165) is 28.7 Å². The van der Waals surface area contributed by atoms with Gasteiger partial charge in [0.05, 0.1) is 25.2 Å². The summed E-state index contributed by atoms with van der Waals surface area (Å²) in [5.74, 6) is 0.425. The van der Waals surface area contributed by atoms with E-state index in [-0.39, 0.29) is 36.1 Å². The van der Waals surface area contributed by atoms with Gasteiger partial charge >= 0.3 is 6.17 Å². The number of nitrogens with zero attached hydrogens (tertiary/aromatic N) is 6. The number of amides is 2. The Labute approximate surface area is 291 Å². The predicted octanol–water partition coefficient (Wildman–Crippen LogP) is 2.95. The van der Waals surface area contributed by atoms with Crippen LogP contribution < -0.4 is 5.32 Å². The summed E-state index contributed by atoms with van der Waals surface area (Å²) in [5.41, 5.74) is 4.34. The molecule has 7 rings (SSSR count). The zero-order chi connectivity index (χ0) is 34.7. The van der Waals surface area contributed by atoms with Gasteiger partial charge in [-0.3, -0.25) is 24.1 Å². The van der Waals surface area contributed by atoms with Crippen molar-refractivity contribution in [3.63, 3.8) is 0 Å². The van der Waals surface area contributed by atoms with Crippen molar-refractivity contribution in [2.45, 2.75) is 69.5 Å². The van der Waals surface area contributed by atoms with Gasteiger partial charge in [-0.25, -0.2) is 6.57 Å². The van der Waals surface area contributed by atoms with Crippen LogP contribution in [0.1, 0.15) is 87.8 Å². The summed E-state index contributed by atoms with van der Waals surface area (Å²) in [5, 5.41) is 19.3. The molecule has 2 aromatic carbocycles. The first kappa shape index (κ1) is 34.0. The van der Waals surface area contributed by atoms with Crippen LogP contribution in [0.3, 0.4) is 0 Å². The zero-order valence-electron chi connectivity index (χ0n) is 28.5. The Morgan fingerprint density at radius 3 is 2.34 bits per heavy atom. The molecule has 4 aliphatic rings. The molecule has 13 heteroatoms. The smallest absolute Gasteiger partial charge is 0.300 e. The van der Waals surface area contributed by atoms with Crippen LogP contribution in [-0.4, -0.2) is 113 Å². The molecule has 50 heavy (non-hydrogen) atoms. The number of H-pyrrole nitrogens is 1. The van der Waals surface area contributed by atoms with Crippen molar-refractivity contribution >= 4 is 17.6 Å². The van der Waals surface area contributed by atoms with Crippen LogP contribution in [0.2, 0.25) is 0 Å². The molecule has 3 atom stereocenters. The number of tetrazole rings is 1. The quantitative estimate of drug-likeness (QED) is 0.257. The van der Waals surface area contributed by atoms with E-state index < -0.39 is 11.6 Å². The highest BCUT2D eigenvalue weighted by Crippen LogP contribution is 2.47. The number of carbonyl (C=O) groups excluding carboxylic acids is 3. The molecule has 13 nitrogen and oxygen atoms in total. The van der Waals surface area contributed by atoms with Crippen LogP contribution in [0.4, 0.5) is 0 Å². The number of likely N-dealkylation sites (tertiary alicyclic amines) is 1. The molecule has 2 amide bonds. The predicted molar refractivity (Wildman–Crippen MR) is 182 cm³/mol. The zero-order valence-corrected chi connectivity index (χ0v) is 28.5. The van der Waals surface area contributed by atoms with E-state index in [2.05, 4.69) is 30.8 Å². The summed E-state index contributed by atoms with van der Waals surface area (Å²) < 4.78 is 11.0. The van der Waals surface area contributed by atoms with Crippen molar-refractivity contribution in [3.05, 3.63) is 87.0 Å². The number of nitrogens with one attached hydrogen (secondary N) is 2. The van der Waals surface area contributed by atoms with E-state index in [1.54, 1.807) is 4.90 Å². The number of carbonyl (C=O) groups is 3. The van der Waals surface area contributed by atoms with Gasteiger partial charge in [0.2, 0.25) is 5.91 Å². The third-order valence-corrected chi connectivity index (χ3v) is 10.8. The molecule has 4 heterocycles. The minimum atomic E-state index is -0.920. The number of Topliss-reactive ketones (excluding diaryl/α,β-unsaturated/α-hetero) is 1. The van der Waals surface area contributed by atoms with E-state index in [0.29, 0.717) is 102 Å². The summed E-state index contributed by atoms with van der Waals surface area (Å²) in [6.45, 7) is 13.6. The van der Waals surface area contributed by atoms with Gasteiger partial charge in [0.25, 0.3) is 5.91 Å². The standard InChI is InChI=1S/C37H44N8O5/c1-24(39-23-33(46)45-13-3-4-32(45)38-2)22-37(36-40-42-43-41-36)30-9-7-28(34(47)25-11-16-49-17-12-25)20-26(30)5-6-27-21-29(8-10-31(27)37)35(48)44-14-18-50-19-15-44/h7-10,20-21,24-25,32,39H,3-6,11-19,22-23H2,1H3,(H,40,41,42,43)/t24-,32-,37?/m0/s1. The lowest BCUT2D eigenvalue weighted by Gasteiger charge is -2.36. The van der Waals surface area contributed by atoms with Gasteiger partial charge in [0.15, 0.2) is 11.6 Å². The minimum absolute atomic E-state index is 0.0273. The van der Waals surface area contributed by atoms with E-state index in [1.165, 1.54) is 0 Å². The van der Waals surface area contributed by atoms with Crippen molar-refractivity contribution in [2.75, 3.05) is 52.6 Å². The van der Waals surface area contributed by atoms with Crippen LogP contribution in [-0.2, 0) is 32.5 Å². The highest BCUT2D eigenvalue weighted by molar-refractivity contribution is 5.98. The Hall–Kier alpha value is -4.51. The maximum atomic E-state index is 13.7. The molecule has 0 bridgehead atoms. The van der Waals surface area contributed by atoms with Crippen molar-refractivity contribution in [1.29, 1.82) is 0 Å². The maximum absolute atomic E-state index is 13.7. The second-order valence-corrected chi connectivity index (χ2v) is 13.9. The van der Waals surface area contributed by atoms with Crippen molar-refractivity contribution in [1.82, 2.24) is 35.7 Å². The molecule has 0 spiro atoms. The first-order valence-corrected chi connectivity index (χ1v) is 17.8. The molecule has 0 radical (unpaired) electrons. The molecule has 1 aliphatic carbocycles. The number of ketones is 1. The van der Waals surface area contributed by atoms with Gasteiger partial charge in [-0.05, 0) is 85.9 Å². The summed E-state index contributed by atoms with van der Waals surface area (Å²) in [6.07, 6.45) is 4.32. The third kappa shape index (κ3) is 6.55. The van der Waals surface area contributed by atoms with E-state index >= 15 is 0 Å². The summed E-state index contributed by atoms with van der Waals surface area (Å²) in [7, 11) is 0. The molecule has 1 unspecified atom stereocenters. The summed E-state index contributed by atoms with van der Waals surface area (Å²) in [4.78, 5) is 47.8. The van der Waals surface area contributed by atoms with Gasteiger partial charge in [-0.2, -0.15) is 5.21 Å². The van der Waals surface area contributed by atoms with E-state index in [9.17, 15) is 14.4 Å². The Bertz CT molecular complexity index is 1680. The lowest BCUT2D eigenvalue weighted by Crippen LogP contribution is -2.45. The number of morpholine rings is 1. The van der Waals surface area contributed by atoms with Crippen LogP contribution >= 0.6 is 0 Å². The first-order valence-electron chi connectivity index (χ1n) is 17.8. The Morgan fingerprint density at radius 1 is 0.980 bits per heavy atom. The number of rotatable bonds is 9. The van der Waals surface area contributed by atoms with Crippen LogP contribution in [0.25, 0.3) is 4.85 Å². The maximum Gasteiger partial charge on any atom is 0.300 e. The fourth-order valence-electron chi connectivity index (χ4n) is 8.24. The number of hydrogen-bond donors (Lipinski definition) is 2. The number of aromatic nitrogens is 4.